The predicted molar refractivity (Wildman–Crippen MR) is 88.1 cm³/mol. The summed E-state index contributed by atoms with van der Waals surface area (Å²) in [5, 5.41) is 1.00. The maximum absolute atomic E-state index is 13.4. The van der Waals surface area contributed by atoms with Crippen LogP contribution in [-0.4, -0.2) is 23.6 Å². The van der Waals surface area contributed by atoms with Crippen LogP contribution in [0.2, 0.25) is 0 Å². The molecule has 3 nitrogen and oxygen atoms in total. The minimum atomic E-state index is -2.54. The van der Waals surface area contributed by atoms with Crippen LogP contribution in [0.15, 0.2) is 22.8 Å². The van der Waals surface area contributed by atoms with Gasteiger partial charge in [0.25, 0.3) is 0 Å². The van der Waals surface area contributed by atoms with Crippen molar-refractivity contribution in [1.82, 2.24) is 4.57 Å². The molecule has 3 rings (SSSR count). The number of ether oxygens (including phenoxy) is 1. The third kappa shape index (κ3) is 2.89. The van der Waals surface area contributed by atoms with Gasteiger partial charge >= 0.3 is 5.97 Å². The molecule has 1 aromatic heterocycles. The number of aromatic nitrogens is 1. The summed E-state index contributed by atoms with van der Waals surface area (Å²) >= 11 is 3.60. The van der Waals surface area contributed by atoms with E-state index in [0.717, 1.165) is 21.1 Å². The molecule has 1 aromatic carbocycles. The normalized spacial score (nSPS) is 18.3. The molecule has 1 aliphatic carbocycles. The van der Waals surface area contributed by atoms with E-state index in [1.807, 2.05) is 17.7 Å². The summed E-state index contributed by atoms with van der Waals surface area (Å²) in [6.07, 6.45) is 0.814. The highest BCUT2D eigenvalue weighted by atomic mass is 79.9. The Balaban J connectivity index is 2.05. The first kappa shape index (κ1) is 16.4. The molecule has 0 saturated heterocycles. The van der Waals surface area contributed by atoms with Crippen LogP contribution in [0, 0.1) is 0 Å². The van der Waals surface area contributed by atoms with Gasteiger partial charge in [-0.3, -0.25) is 0 Å². The van der Waals surface area contributed by atoms with Crippen LogP contribution in [0.5, 0.6) is 0 Å². The summed E-state index contributed by atoms with van der Waals surface area (Å²) in [7, 11) is 3.25. The lowest BCUT2D eigenvalue weighted by molar-refractivity contribution is -0.0381. The summed E-state index contributed by atoms with van der Waals surface area (Å²) in [4.78, 5) is 11.7. The van der Waals surface area contributed by atoms with E-state index in [1.54, 1.807) is 12.1 Å². The summed E-state index contributed by atoms with van der Waals surface area (Å²) in [6.45, 7) is 0. The predicted octanol–water partition coefficient (Wildman–Crippen LogP) is 5.02. The van der Waals surface area contributed by atoms with Crippen LogP contribution in [-0.2, 0) is 11.8 Å². The first-order valence-electron chi connectivity index (χ1n) is 7.58. The van der Waals surface area contributed by atoms with E-state index in [-0.39, 0.29) is 24.7 Å². The molecule has 1 aliphatic rings. The maximum Gasteiger partial charge on any atom is 0.337 e. The van der Waals surface area contributed by atoms with Gasteiger partial charge in [-0.05, 0) is 52.4 Å². The van der Waals surface area contributed by atoms with Crippen LogP contribution < -0.4 is 0 Å². The Kier molecular flexibility index (Phi) is 4.21. The molecular formula is C17H18BrF2NO2. The van der Waals surface area contributed by atoms with Gasteiger partial charge in [-0.15, -0.1) is 0 Å². The lowest BCUT2D eigenvalue weighted by Gasteiger charge is -2.28. The molecule has 0 radical (unpaired) electrons. The average Bonchev–Trinajstić information content (AvgIpc) is 2.78. The van der Waals surface area contributed by atoms with Gasteiger partial charge in [-0.25, -0.2) is 13.6 Å². The monoisotopic (exact) mass is 385 g/mol. The maximum atomic E-state index is 13.4. The Hall–Kier alpha value is -1.43. The molecule has 124 valence electrons. The highest BCUT2D eigenvalue weighted by molar-refractivity contribution is 9.10. The van der Waals surface area contributed by atoms with Crippen LogP contribution in [0.4, 0.5) is 8.78 Å². The van der Waals surface area contributed by atoms with E-state index < -0.39 is 5.92 Å². The van der Waals surface area contributed by atoms with Gasteiger partial charge in [0.1, 0.15) is 0 Å². The number of carbonyl (C=O) groups excluding carboxylic acids is 1. The van der Waals surface area contributed by atoms with E-state index in [2.05, 4.69) is 15.9 Å². The minimum Gasteiger partial charge on any atom is -0.465 e. The second kappa shape index (κ2) is 5.89. The molecule has 6 heteroatoms. The molecule has 0 aliphatic heterocycles. The number of esters is 1. The van der Waals surface area contributed by atoms with Crippen molar-refractivity contribution in [2.24, 2.45) is 7.05 Å². The number of hydrogen-bond donors (Lipinski definition) is 0. The number of carbonyl (C=O) groups is 1. The minimum absolute atomic E-state index is 0.0687. The molecule has 1 heterocycles. The molecule has 23 heavy (non-hydrogen) atoms. The fraction of sp³-hybridized carbons (Fsp3) is 0.471. The van der Waals surface area contributed by atoms with Crippen molar-refractivity contribution in [3.05, 3.63) is 33.9 Å². The third-order valence-electron chi connectivity index (χ3n) is 4.71. The van der Waals surface area contributed by atoms with E-state index in [0.29, 0.717) is 18.4 Å². The highest BCUT2D eigenvalue weighted by Gasteiger charge is 2.37. The van der Waals surface area contributed by atoms with E-state index in [1.165, 1.54) is 7.11 Å². The number of hydrogen-bond acceptors (Lipinski definition) is 2. The van der Waals surface area contributed by atoms with Gasteiger partial charge in [0.15, 0.2) is 0 Å². The van der Waals surface area contributed by atoms with Gasteiger partial charge in [0.2, 0.25) is 5.92 Å². The quantitative estimate of drug-likeness (QED) is 0.679. The molecule has 0 atom stereocenters. The van der Waals surface area contributed by atoms with Crippen molar-refractivity contribution in [3.63, 3.8) is 0 Å². The zero-order valence-electron chi connectivity index (χ0n) is 13.0. The molecule has 1 saturated carbocycles. The number of fused-ring (bicyclic) bond motifs is 1. The molecule has 0 bridgehead atoms. The molecule has 0 amide bonds. The summed E-state index contributed by atoms with van der Waals surface area (Å²) in [5.74, 6) is -2.81. The molecule has 1 fully saturated rings. The second-order valence-electron chi connectivity index (χ2n) is 6.12. The van der Waals surface area contributed by atoms with Crippen molar-refractivity contribution in [2.45, 2.75) is 37.5 Å². The SMILES string of the molecule is COC(=O)c1ccc2c(C3CCC(F)(F)CC3)c(Br)n(C)c2c1. The van der Waals surface area contributed by atoms with Crippen molar-refractivity contribution in [3.8, 4) is 0 Å². The number of aryl methyl sites for hydroxylation is 1. The number of halogens is 3. The number of methoxy groups -OCH3 is 1. The standard InChI is InChI=1S/C17H18BrF2NO2/c1-21-13-9-11(16(22)23-2)3-4-12(13)14(15(21)18)10-5-7-17(19,20)8-6-10/h3-4,9-10H,5-8H2,1-2H3. The zero-order valence-corrected chi connectivity index (χ0v) is 14.6. The first-order chi connectivity index (χ1) is 10.8. The topological polar surface area (TPSA) is 31.2 Å². The van der Waals surface area contributed by atoms with E-state index >= 15 is 0 Å². The van der Waals surface area contributed by atoms with Gasteiger partial charge in [0, 0.05) is 30.8 Å². The van der Waals surface area contributed by atoms with Crippen molar-refractivity contribution >= 4 is 32.8 Å². The van der Waals surface area contributed by atoms with Gasteiger partial charge in [-0.2, -0.15) is 0 Å². The smallest absolute Gasteiger partial charge is 0.337 e. The Bertz CT molecular complexity index is 760. The van der Waals surface area contributed by atoms with Gasteiger partial charge in [0.05, 0.1) is 17.3 Å². The summed E-state index contributed by atoms with van der Waals surface area (Å²) < 4.78 is 34.5. The molecule has 0 unspecified atom stereocenters. The second-order valence-corrected chi connectivity index (χ2v) is 6.87. The van der Waals surface area contributed by atoms with Crippen molar-refractivity contribution in [2.75, 3.05) is 7.11 Å². The lowest BCUT2D eigenvalue weighted by Crippen LogP contribution is -2.23. The molecule has 0 N–H and O–H groups in total. The summed E-state index contributed by atoms with van der Waals surface area (Å²) in [6, 6.07) is 5.39. The largest absolute Gasteiger partial charge is 0.465 e. The van der Waals surface area contributed by atoms with E-state index in [4.69, 9.17) is 4.74 Å². The van der Waals surface area contributed by atoms with Crippen molar-refractivity contribution in [1.29, 1.82) is 0 Å². The molecule has 2 aromatic rings. The number of nitrogens with zero attached hydrogens (tertiary/aromatic N) is 1. The Morgan fingerprint density at radius 3 is 2.61 bits per heavy atom. The molecule has 0 spiro atoms. The highest BCUT2D eigenvalue weighted by Crippen LogP contribution is 2.45. The van der Waals surface area contributed by atoms with Crippen LogP contribution in [0.1, 0.15) is 47.5 Å². The Labute approximate surface area is 141 Å². The Morgan fingerprint density at radius 2 is 2.00 bits per heavy atom. The van der Waals surface area contributed by atoms with Crippen molar-refractivity contribution < 1.29 is 18.3 Å². The van der Waals surface area contributed by atoms with Crippen LogP contribution in [0.25, 0.3) is 10.9 Å². The van der Waals surface area contributed by atoms with Crippen LogP contribution in [0.3, 0.4) is 0 Å². The fourth-order valence-electron chi connectivity index (χ4n) is 3.40. The molecular weight excluding hydrogens is 368 g/mol. The number of alkyl halides is 2. The van der Waals surface area contributed by atoms with E-state index in [9.17, 15) is 13.6 Å². The fourth-order valence-corrected chi connectivity index (χ4v) is 4.12. The lowest BCUT2D eigenvalue weighted by atomic mass is 9.82. The number of rotatable bonds is 2. The van der Waals surface area contributed by atoms with Crippen LogP contribution >= 0.6 is 15.9 Å². The third-order valence-corrected chi connectivity index (χ3v) is 5.67. The first-order valence-corrected chi connectivity index (χ1v) is 8.37. The zero-order chi connectivity index (χ0) is 16.8. The Morgan fingerprint density at radius 1 is 1.35 bits per heavy atom. The van der Waals surface area contributed by atoms with Gasteiger partial charge in [-0.1, -0.05) is 6.07 Å². The van der Waals surface area contributed by atoms with Gasteiger partial charge < -0.3 is 9.30 Å². The number of benzene rings is 1. The average molecular weight is 386 g/mol. The summed E-state index contributed by atoms with van der Waals surface area (Å²) in [5.41, 5.74) is 2.44.